The second kappa shape index (κ2) is 5.98. The van der Waals surface area contributed by atoms with Crippen molar-refractivity contribution in [3.05, 3.63) is 34.9 Å². The van der Waals surface area contributed by atoms with Crippen LogP contribution in [-0.4, -0.2) is 29.7 Å². The molecule has 114 valence electrons. The Bertz CT molecular complexity index is 576. The topological polar surface area (TPSA) is 55.6 Å². The van der Waals surface area contributed by atoms with Gasteiger partial charge in [0.2, 0.25) is 0 Å². The van der Waals surface area contributed by atoms with Gasteiger partial charge in [-0.15, -0.1) is 0 Å². The van der Waals surface area contributed by atoms with Crippen molar-refractivity contribution in [2.75, 3.05) is 18.8 Å². The Labute approximate surface area is 130 Å². The van der Waals surface area contributed by atoms with Gasteiger partial charge in [-0.2, -0.15) is 0 Å². The summed E-state index contributed by atoms with van der Waals surface area (Å²) in [7, 11) is 0. The van der Waals surface area contributed by atoms with Crippen molar-refractivity contribution < 1.29 is 9.53 Å². The molecule has 0 saturated carbocycles. The fraction of sp³-hybridized carbons (Fsp3) is 0.438. The zero-order valence-electron chi connectivity index (χ0n) is 12.6. The van der Waals surface area contributed by atoms with Crippen LogP contribution in [0.1, 0.15) is 32.8 Å². The van der Waals surface area contributed by atoms with E-state index in [4.69, 9.17) is 22.1 Å². The smallest absolute Gasteiger partial charge is 0.410 e. The molecule has 1 aromatic carbocycles. The molecule has 21 heavy (non-hydrogen) atoms. The van der Waals surface area contributed by atoms with Crippen molar-refractivity contribution in [2.24, 2.45) is 0 Å². The minimum absolute atomic E-state index is 0.281. The van der Waals surface area contributed by atoms with E-state index < -0.39 is 5.60 Å². The molecule has 0 aromatic heterocycles. The lowest BCUT2D eigenvalue weighted by Crippen LogP contribution is -2.39. The Morgan fingerprint density at radius 1 is 1.38 bits per heavy atom. The monoisotopic (exact) mass is 308 g/mol. The number of benzene rings is 1. The Kier molecular flexibility index (Phi) is 4.47. The summed E-state index contributed by atoms with van der Waals surface area (Å²) in [6, 6.07) is 5.45. The van der Waals surface area contributed by atoms with Gasteiger partial charge in [-0.1, -0.05) is 17.7 Å². The van der Waals surface area contributed by atoms with Crippen LogP contribution >= 0.6 is 11.6 Å². The molecule has 0 unspecified atom stereocenters. The first-order valence-corrected chi connectivity index (χ1v) is 7.36. The second-order valence-corrected chi connectivity index (χ2v) is 6.57. The first kappa shape index (κ1) is 15.7. The molecule has 1 aliphatic rings. The molecule has 0 bridgehead atoms. The zero-order chi connectivity index (χ0) is 15.6. The molecule has 2 rings (SSSR count). The number of ether oxygens (including phenoxy) is 1. The molecule has 0 aliphatic carbocycles. The van der Waals surface area contributed by atoms with E-state index in [1.165, 1.54) is 0 Å². The average molecular weight is 309 g/mol. The molecule has 1 heterocycles. The quantitative estimate of drug-likeness (QED) is 0.799. The van der Waals surface area contributed by atoms with Gasteiger partial charge in [0, 0.05) is 29.4 Å². The van der Waals surface area contributed by atoms with Crippen LogP contribution in [0.2, 0.25) is 5.02 Å². The molecular formula is C16H21ClN2O2. The van der Waals surface area contributed by atoms with E-state index in [0.29, 0.717) is 23.8 Å². The van der Waals surface area contributed by atoms with Gasteiger partial charge in [0.25, 0.3) is 0 Å². The number of hydrogen-bond acceptors (Lipinski definition) is 3. The molecule has 1 aliphatic heterocycles. The van der Waals surface area contributed by atoms with Crippen molar-refractivity contribution >= 4 is 29.0 Å². The van der Waals surface area contributed by atoms with Gasteiger partial charge in [-0.25, -0.2) is 4.79 Å². The lowest BCUT2D eigenvalue weighted by Gasteiger charge is -2.29. The summed E-state index contributed by atoms with van der Waals surface area (Å²) in [4.78, 5) is 13.7. The summed E-state index contributed by atoms with van der Waals surface area (Å²) in [6.45, 7) is 6.73. The Morgan fingerprint density at radius 3 is 2.67 bits per heavy atom. The van der Waals surface area contributed by atoms with E-state index in [0.717, 1.165) is 17.6 Å². The molecular weight excluding hydrogens is 288 g/mol. The zero-order valence-corrected chi connectivity index (χ0v) is 13.4. The molecule has 1 amide bonds. The SMILES string of the molecule is CC(C)(C)OC(=O)N1CC=C(c2cc(Cl)ccc2N)CC1. The minimum atomic E-state index is -0.474. The number of nitrogen functional groups attached to an aromatic ring is 1. The van der Waals surface area contributed by atoms with Crippen molar-refractivity contribution in [1.82, 2.24) is 4.90 Å². The summed E-state index contributed by atoms with van der Waals surface area (Å²) >= 11 is 6.02. The fourth-order valence-corrected chi connectivity index (χ4v) is 2.38. The normalized spacial score (nSPS) is 15.6. The van der Waals surface area contributed by atoms with E-state index in [1.54, 1.807) is 17.0 Å². The highest BCUT2D eigenvalue weighted by molar-refractivity contribution is 6.30. The van der Waals surface area contributed by atoms with Gasteiger partial charge < -0.3 is 15.4 Å². The lowest BCUT2D eigenvalue weighted by atomic mass is 9.98. The predicted molar refractivity (Wildman–Crippen MR) is 86.3 cm³/mol. The Morgan fingerprint density at radius 2 is 2.10 bits per heavy atom. The number of halogens is 1. The molecule has 0 radical (unpaired) electrons. The third kappa shape index (κ3) is 4.14. The Hall–Kier alpha value is -1.68. The molecule has 0 atom stereocenters. The largest absolute Gasteiger partial charge is 0.444 e. The van der Waals surface area contributed by atoms with Crippen LogP contribution in [0.4, 0.5) is 10.5 Å². The number of nitrogens with zero attached hydrogens (tertiary/aromatic N) is 1. The number of rotatable bonds is 1. The van der Waals surface area contributed by atoms with Crippen LogP contribution in [0.3, 0.4) is 0 Å². The van der Waals surface area contributed by atoms with Crippen molar-refractivity contribution in [1.29, 1.82) is 0 Å². The van der Waals surface area contributed by atoms with E-state index in [2.05, 4.69) is 0 Å². The van der Waals surface area contributed by atoms with Crippen molar-refractivity contribution in [2.45, 2.75) is 32.8 Å². The molecule has 0 saturated heterocycles. The van der Waals surface area contributed by atoms with Crippen molar-refractivity contribution in [3.8, 4) is 0 Å². The highest BCUT2D eigenvalue weighted by Gasteiger charge is 2.24. The molecule has 0 fully saturated rings. The van der Waals surface area contributed by atoms with Crippen LogP contribution < -0.4 is 5.73 Å². The fourth-order valence-electron chi connectivity index (χ4n) is 2.21. The highest BCUT2D eigenvalue weighted by Crippen LogP contribution is 2.29. The van der Waals surface area contributed by atoms with Crippen LogP contribution in [0, 0.1) is 0 Å². The summed E-state index contributed by atoms with van der Waals surface area (Å²) in [5.41, 5.74) is 8.30. The number of nitrogens with two attached hydrogens (primary N) is 1. The minimum Gasteiger partial charge on any atom is -0.444 e. The van der Waals surface area contributed by atoms with E-state index in [1.807, 2.05) is 32.9 Å². The number of carbonyl (C=O) groups excluding carboxylic acids is 1. The van der Waals surface area contributed by atoms with Gasteiger partial charge in [0.1, 0.15) is 5.60 Å². The average Bonchev–Trinajstić information content (AvgIpc) is 2.40. The summed E-state index contributed by atoms with van der Waals surface area (Å²) in [5.74, 6) is 0. The first-order valence-electron chi connectivity index (χ1n) is 6.98. The molecule has 4 nitrogen and oxygen atoms in total. The molecule has 2 N–H and O–H groups in total. The van der Waals surface area contributed by atoms with Gasteiger partial charge in [0.05, 0.1) is 0 Å². The maximum atomic E-state index is 12.0. The first-order chi connectivity index (χ1) is 9.76. The van der Waals surface area contributed by atoms with Gasteiger partial charge in [-0.3, -0.25) is 0 Å². The summed E-state index contributed by atoms with van der Waals surface area (Å²) < 4.78 is 5.37. The number of amides is 1. The third-order valence-corrected chi connectivity index (χ3v) is 3.46. The number of carbonyl (C=O) groups is 1. The lowest BCUT2D eigenvalue weighted by molar-refractivity contribution is 0.0270. The molecule has 0 spiro atoms. The number of hydrogen-bond donors (Lipinski definition) is 1. The van der Waals surface area contributed by atoms with Crippen molar-refractivity contribution in [3.63, 3.8) is 0 Å². The van der Waals surface area contributed by atoms with Gasteiger partial charge in [-0.05, 0) is 51.0 Å². The van der Waals surface area contributed by atoms with Crippen LogP contribution in [0.25, 0.3) is 5.57 Å². The highest BCUT2D eigenvalue weighted by atomic mass is 35.5. The van der Waals surface area contributed by atoms with Crippen LogP contribution in [0.15, 0.2) is 24.3 Å². The van der Waals surface area contributed by atoms with Crippen LogP contribution in [-0.2, 0) is 4.74 Å². The maximum absolute atomic E-state index is 12.0. The predicted octanol–water partition coefficient (Wildman–Crippen LogP) is 3.95. The van der Waals surface area contributed by atoms with E-state index in [-0.39, 0.29) is 6.09 Å². The maximum Gasteiger partial charge on any atom is 0.410 e. The van der Waals surface area contributed by atoms with Gasteiger partial charge >= 0.3 is 6.09 Å². The van der Waals surface area contributed by atoms with E-state index in [9.17, 15) is 4.79 Å². The number of anilines is 1. The molecule has 5 heteroatoms. The van der Waals surface area contributed by atoms with E-state index >= 15 is 0 Å². The van der Waals surface area contributed by atoms with Crippen LogP contribution in [0.5, 0.6) is 0 Å². The summed E-state index contributed by atoms with van der Waals surface area (Å²) in [6.07, 6.45) is 2.47. The Balaban J connectivity index is 2.08. The standard InChI is InChI=1S/C16H21ClN2O2/c1-16(2,3)21-15(20)19-8-6-11(7-9-19)13-10-12(17)4-5-14(13)18/h4-6,10H,7-9,18H2,1-3H3. The van der Waals surface area contributed by atoms with Gasteiger partial charge in [0.15, 0.2) is 0 Å². The third-order valence-electron chi connectivity index (χ3n) is 3.22. The molecule has 1 aromatic rings. The summed E-state index contributed by atoms with van der Waals surface area (Å²) in [5, 5.41) is 0.662. The second-order valence-electron chi connectivity index (χ2n) is 6.14.